The molecule has 2 aliphatic heterocycles. The summed E-state index contributed by atoms with van der Waals surface area (Å²) in [7, 11) is -3.19. The molecule has 0 saturated carbocycles. The average molecular weight is 369 g/mol. The molecule has 9 nitrogen and oxygen atoms in total. The Morgan fingerprint density at radius 2 is 1.88 bits per heavy atom. The topological polar surface area (TPSA) is 105 Å². The summed E-state index contributed by atoms with van der Waals surface area (Å²) in [6, 6.07) is 1.76. The predicted octanol–water partition coefficient (Wildman–Crippen LogP) is -0.0767. The number of morpholine rings is 1. The molecular formula is C15H23N5O4S. The van der Waals surface area contributed by atoms with E-state index in [9.17, 15) is 13.2 Å². The predicted molar refractivity (Wildman–Crippen MR) is 92.8 cm³/mol. The summed E-state index contributed by atoms with van der Waals surface area (Å²) in [6.07, 6.45) is 3.66. The molecule has 1 amide bonds. The highest BCUT2D eigenvalue weighted by Crippen LogP contribution is 2.21. The van der Waals surface area contributed by atoms with Gasteiger partial charge >= 0.3 is 0 Å². The maximum Gasteiger partial charge on any atom is 0.228 e. The highest BCUT2D eigenvalue weighted by molar-refractivity contribution is 7.88. The van der Waals surface area contributed by atoms with Gasteiger partial charge in [0.05, 0.1) is 19.5 Å². The van der Waals surface area contributed by atoms with Crippen molar-refractivity contribution in [3.8, 4) is 0 Å². The van der Waals surface area contributed by atoms with Gasteiger partial charge in [0.2, 0.25) is 15.9 Å². The van der Waals surface area contributed by atoms with Crippen LogP contribution in [-0.2, 0) is 19.6 Å². The smallest absolute Gasteiger partial charge is 0.228 e. The van der Waals surface area contributed by atoms with Crippen molar-refractivity contribution in [3.05, 3.63) is 12.4 Å². The van der Waals surface area contributed by atoms with E-state index in [0.717, 1.165) is 18.9 Å². The van der Waals surface area contributed by atoms with Crippen LogP contribution in [0, 0.1) is 5.92 Å². The Hall–Kier alpha value is -1.78. The molecule has 0 unspecified atom stereocenters. The highest BCUT2D eigenvalue weighted by Gasteiger charge is 2.29. The minimum atomic E-state index is -3.19. The van der Waals surface area contributed by atoms with Crippen LogP contribution in [0.4, 0.5) is 11.6 Å². The Kier molecular flexibility index (Phi) is 5.50. The number of hydrogen-bond acceptors (Lipinski definition) is 7. The molecule has 0 aromatic carbocycles. The molecule has 3 rings (SSSR count). The fourth-order valence-electron chi connectivity index (χ4n) is 3.06. The number of rotatable bonds is 4. The Morgan fingerprint density at radius 3 is 2.52 bits per heavy atom. The van der Waals surface area contributed by atoms with Crippen molar-refractivity contribution in [1.82, 2.24) is 14.3 Å². The quantitative estimate of drug-likeness (QED) is 0.792. The van der Waals surface area contributed by atoms with Crippen molar-refractivity contribution in [1.29, 1.82) is 0 Å². The van der Waals surface area contributed by atoms with Crippen LogP contribution in [0.25, 0.3) is 0 Å². The second-order valence-corrected chi connectivity index (χ2v) is 8.27. The van der Waals surface area contributed by atoms with Crippen molar-refractivity contribution >= 4 is 27.6 Å². The molecule has 2 aliphatic rings. The minimum Gasteiger partial charge on any atom is -0.378 e. The van der Waals surface area contributed by atoms with Crippen molar-refractivity contribution < 1.29 is 17.9 Å². The summed E-state index contributed by atoms with van der Waals surface area (Å²) in [5, 5.41) is 2.83. The van der Waals surface area contributed by atoms with Gasteiger partial charge in [-0.1, -0.05) is 0 Å². The van der Waals surface area contributed by atoms with Gasteiger partial charge in [-0.15, -0.1) is 0 Å². The van der Waals surface area contributed by atoms with Crippen LogP contribution in [0.5, 0.6) is 0 Å². The fraction of sp³-hybridized carbons (Fsp3) is 0.667. The lowest BCUT2D eigenvalue weighted by atomic mass is 9.97. The third-order valence-electron chi connectivity index (χ3n) is 4.53. The van der Waals surface area contributed by atoms with E-state index < -0.39 is 10.0 Å². The fourth-order valence-corrected chi connectivity index (χ4v) is 3.93. The van der Waals surface area contributed by atoms with E-state index >= 15 is 0 Å². The summed E-state index contributed by atoms with van der Waals surface area (Å²) < 4.78 is 29.8. The van der Waals surface area contributed by atoms with Crippen LogP contribution in [0.15, 0.2) is 12.4 Å². The number of aromatic nitrogens is 2. The molecule has 0 aliphatic carbocycles. The van der Waals surface area contributed by atoms with Crippen molar-refractivity contribution in [2.75, 3.05) is 55.9 Å². The molecule has 1 N–H and O–H groups in total. The number of sulfonamides is 1. The van der Waals surface area contributed by atoms with Gasteiger partial charge in [-0.2, -0.15) is 0 Å². The molecule has 1 aromatic heterocycles. The lowest BCUT2D eigenvalue weighted by Gasteiger charge is -2.29. The van der Waals surface area contributed by atoms with Gasteiger partial charge in [0, 0.05) is 38.2 Å². The third-order valence-corrected chi connectivity index (χ3v) is 5.84. The van der Waals surface area contributed by atoms with Gasteiger partial charge in [-0.3, -0.25) is 4.79 Å². The number of carbonyl (C=O) groups is 1. The minimum absolute atomic E-state index is 0.125. The zero-order valence-electron chi connectivity index (χ0n) is 14.2. The number of hydrogen-bond donors (Lipinski definition) is 1. The van der Waals surface area contributed by atoms with Crippen LogP contribution in [0.3, 0.4) is 0 Å². The molecule has 0 spiro atoms. The van der Waals surface area contributed by atoms with Crippen LogP contribution in [0.2, 0.25) is 0 Å². The standard InChI is InChI=1S/C15H23N5O4S/c1-25(22,23)20-4-2-12(3-5-20)15(21)18-13-10-14(17-11-16-13)19-6-8-24-9-7-19/h10-12H,2-9H2,1H3,(H,16,17,18,21). The summed E-state index contributed by atoms with van der Waals surface area (Å²) in [4.78, 5) is 22.9. The number of nitrogens with zero attached hydrogens (tertiary/aromatic N) is 4. The lowest BCUT2D eigenvalue weighted by molar-refractivity contribution is -0.120. The molecule has 2 fully saturated rings. The zero-order chi connectivity index (χ0) is 17.9. The number of amides is 1. The number of nitrogens with one attached hydrogen (secondary N) is 1. The maximum absolute atomic E-state index is 12.4. The van der Waals surface area contributed by atoms with Crippen LogP contribution in [0.1, 0.15) is 12.8 Å². The van der Waals surface area contributed by atoms with Crippen molar-refractivity contribution in [2.24, 2.45) is 5.92 Å². The number of carbonyl (C=O) groups excluding carboxylic acids is 1. The summed E-state index contributed by atoms with van der Waals surface area (Å²) in [5.74, 6) is 0.895. The van der Waals surface area contributed by atoms with E-state index in [1.54, 1.807) is 6.07 Å². The van der Waals surface area contributed by atoms with E-state index in [1.165, 1.54) is 16.9 Å². The van der Waals surface area contributed by atoms with Crippen LogP contribution >= 0.6 is 0 Å². The first-order valence-electron chi connectivity index (χ1n) is 8.34. The molecule has 138 valence electrons. The van der Waals surface area contributed by atoms with E-state index in [2.05, 4.69) is 20.2 Å². The molecule has 3 heterocycles. The van der Waals surface area contributed by atoms with Crippen molar-refractivity contribution in [2.45, 2.75) is 12.8 Å². The molecule has 1 aromatic rings. The lowest BCUT2D eigenvalue weighted by Crippen LogP contribution is -2.41. The highest BCUT2D eigenvalue weighted by atomic mass is 32.2. The van der Waals surface area contributed by atoms with Gasteiger partial charge in [0.15, 0.2) is 0 Å². The van der Waals surface area contributed by atoms with Crippen LogP contribution in [-0.4, -0.2) is 74.2 Å². The molecular weight excluding hydrogens is 346 g/mol. The summed E-state index contributed by atoms with van der Waals surface area (Å²) in [6.45, 7) is 3.58. The Balaban J connectivity index is 1.58. The number of ether oxygens (including phenoxy) is 1. The number of piperidine rings is 1. The summed E-state index contributed by atoms with van der Waals surface area (Å²) in [5.41, 5.74) is 0. The first kappa shape index (κ1) is 18.0. The largest absolute Gasteiger partial charge is 0.378 e. The number of anilines is 2. The SMILES string of the molecule is CS(=O)(=O)N1CCC(C(=O)Nc2cc(N3CCOCC3)ncn2)CC1. The van der Waals surface area contributed by atoms with Gasteiger partial charge < -0.3 is 15.0 Å². The van der Waals surface area contributed by atoms with Crippen molar-refractivity contribution in [3.63, 3.8) is 0 Å². The Bertz CT molecular complexity index is 712. The van der Waals surface area contributed by atoms with E-state index in [0.29, 0.717) is 45.0 Å². The molecule has 2 saturated heterocycles. The van der Waals surface area contributed by atoms with Gasteiger partial charge in [-0.05, 0) is 12.8 Å². The van der Waals surface area contributed by atoms with E-state index in [-0.39, 0.29) is 11.8 Å². The molecule has 10 heteroatoms. The maximum atomic E-state index is 12.4. The second-order valence-electron chi connectivity index (χ2n) is 6.29. The Morgan fingerprint density at radius 1 is 1.20 bits per heavy atom. The molecule has 0 radical (unpaired) electrons. The van der Waals surface area contributed by atoms with Gasteiger partial charge in [0.25, 0.3) is 0 Å². The molecule has 0 atom stereocenters. The monoisotopic (exact) mass is 369 g/mol. The van der Waals surface area contributed by atoms with Crippen LogP contribution < -0.4 is 10.2 Å². The normalized spacial score (nSPS) is 20.4. The Labute approximate surface area is 147 Å². The third kappa shape index (κ3) is 4.65. The molecule has 25 heavy (non-hydrogen) atoms. The summed E-state index contributed by atoms with van der Waals surface area (Å²) >= 11 is 0. The van der Waals surface area contributed by atoms with E-state index in [4.69, 9.17) is 4.74 Å². The van der Waals surface area contributed by atoms with E-state index in [1.807, 2.05) is 0 Å². The van der Waals surface area contributed by atoms with Gasteiger partial charge in [-0.25, -0.2) is 22.7 Å². The first-order valence-corrected chi connectivity index (χ1v) is 10.2. The molecule has 0 bridgehead atoms. The average Bonchev–Trinajstić information content (AvgIpc) is 2.62. The second kappa shape index (κ2) is 7.63. The first-order chi connectivity index (χ1) is 11.9. The van der Waals surface area contributed by atoms with Gasteiger partial charge in [0.1, 0.15) is 18.0 Å². The zero-order valence-corrected chi connectivity index (χ0v) is 15.0.